The van der Waals surface area contributed by atoms with Gasteiger partial charge in [0, 0.05) is 18.2 Å². The quantitative estimate of drug-likeness (QED) is 0.597. The molecule has 4 rings (SSSR count). The highest BCUT2D eigenvalue weighted by Crippen LogP contribution is 2.51. The zero-order valence-electron chi connectivity index (χ0n) is 9.85. The Bertz CT molecular complexity index is 405. The number of nitrogens with zero attached hydrogens (tertiary/aromatic N) is 1. The van der Waals surface area contributed by atoms with Crippen LogP contribution in [0.1, 0.15) is 38.5 Å². The van der Waals surface area contributed by atoms with Crippen LogP contribution in [0.5, 0.6) is 0 Å². The van der Waals surface area contributed by atoms with E-state index in [-0.39, 0.29) is 23.7 Å². The maximum absolute atomic E-state index is 11.6. The van der Waals surface area contributed by atoms with Crippen molar-refractivity contribution in [3.63, 3.8) is 0 Å². The van der Waals surface area contributed by atoms with Crippen LogP contribution in [-0.4, -0.2) is 35.3 Å². The molecule has 4 nitrogen and oxygen atoms in total. The number of carbonyl (C=O) groups excluding carboxylic acids is 1. The van der Waals surface area contributed by atoms with Gasteiger partial charge in [-0.1, -0.05) is 6.42 Å². The topological polar surface area (TPSA) is 38.8 Å². The number of ether oxygens (including phenoxy) is 1. The van der Waals surface area contributed by atoms with Gasteiger partial charge in [0.1, 0.15) is 6.10 Å². The van der Waals surface area contributed by atoms with Crippen molar-refractivity contribution in [1.29, 1.82) is 0 Å². The number of fused-ring (bicyclic) bond motifs is 1. The SMILES string of the molecule is O=C1C=C2C3CCCC2(O1)C1CCCCN1O3. The van der Waals surface area contributed by atoms with Crippen molar-refractivity contribution in [2.75, 3.05) is 6.54 Å². The van der Waals surface area contributed by atoms with Crippen LogP contribution in [0.15, 0.2) is 11.6 Å². The molecule has 3 unspecified atom stereocenters. The van der Waals surface area contributed by atoms with Gasteiger partial charge in [-0.3, -0.25) is 4.84 Å². The first kappa shape index (κ1) is 10.1. The molecule has 3 heterocycles. The Labute approximate surface area is 101 Å². The van der Waals surface area contributed by atoms with E-state index in [1.54, 1.807) is 6.08 Å². The molecule has 0 radical (unpaired) electrons. The molecule has 1 aliphatic carbocycles. The predicted octanol–water partition coefficient (Wildman–Crippen LogP) is 1.56. The molecule has 0 amide bonds. The van der Waals surface area contributed by atoms with Gasteiger partial charge < -0.3 is 4.74 Å². The van der Waals surface area contributed by atoms with E-state index in [1.165, 1.54) is 12.8 Å². The molecule has 0 aromatic carbocycles. The van der Waals surface area contributed by atoms with Crippen LogP contribution in [0.4, 0.5) is 0 Å². The maximum atomic E-state index is 11.6. The molecule has 3 aliphatic heterocycles. The van der Waals surface area contributed by atoms with Crippen molar-refractivity contribution in [2.24, 2.45) is 0 Å². The smallest absolute Gasteiger partial charge is 0.331 e. The molecule has 3 atom stereocenters. The number of rotatable bonds is 0. The fourth-order valence-corrected chi connectivity index (χ4v) is 3.98. The van der Waals surface area contributed by atoms with Crippen LogP contribution in [0, 0.1) is 0 Å². The number of piperidine rings is 1. The molecule has 0 N–H and O–H groups in total. The Morgan fingerprint density at radius 1 is 1.29 bits per heavy atom. The maximum Gasteiger partial charge on any atom is 0.331 e. The van der Waals surface area contributed by atoms with Gasteiger partial charge in [-0.2, -0.15) is 5.06 Å². The number of esters is 1. The molecular weight excluding hydrogens is 218 g/mol. The third kappa shape index (κ3) is 1.23. The number of carbonyl (C=O) groups is 1. The summed E-state index contributed by atoms with van der Waals surface area (Å²) in [6.07, 6.45) is 8.35. The number of hydroxylamine groups is 2. The summed E-state index contributed by atoms with van der Waals surface area (Å²) in [7, 11) is 0. The normalized spacial score (nSPS) is 44.7. The summed E-state index contributed by atoms with van der Waals surface area (Å²) in [4.78, 5) is 17.7. The lowest BCUT2D eigenvalue weighted by Gasteiger charge is -2.54. The molecule has 4 aliphatic rings. The summed E-state index contributed by atoms with van der Waals surface area (Å²) in [6.45, 7) is 0.980. The highest BCUT2D eigenvalue weighted by molar-refractivity contribution is 5.87. The van der Waals surface area contributed by atoms with Gasteiger partial charge in [0.15, 0.2) is 5.60 Å². The first-order chi connectivity index (χ1) is 8.29. The van der Waals surface area contributed by atoms with Crippen LogP contribution >= 0.6 is 0 Å². The minimum absolute atomic E-state index is 0.0875. The minimum atomic E-state index is -0.335. The van der Waals surface area contributed by atoms with Gasteiger partial charge >= 0.3 is 5.97 Å². The van der Waals surface area contributed by atoms with E-state index >= 15 is 0 Å². The van der Waals surface area contributed by atoms with E-state index < -0.39 is 0 Å². The van der Waals surface area contributed by atoms with Crippen molar-refractivity contribution in [3.05, 3.63) is 11.6 Å². The lowest BCUT2D eigenvalue weighted by atomic mass is 9.71. The van der Waals surface area contributed by atoms with Gasteiger partial charge in [0.05, 0.1) is 6.04 Å². The fourth-order valence-electron chi connectivity index (χ4n) is 3.98. The molecule has 0 aromatic rings. The molecule has 4 heteroatoms. The van der Waals surface area contributed by atoms with Crippen LogP contribution in [0.2, 0.25) is 0 Å². The molecule has 1 saturated carbocycles. The second-order valence-electron chi connectivity index (χ2n) is 5.55. The van der Waals surface area contributed by atoms with Gasteiger partial charge in [-0.15, -0.1) is 0 Å². The molecule has 0 aromatic heterocycles. The van der Waals surface area contributed by atoms with E-state index in [0.29, 0.717) is 0 Å². The predicted molar refractivity (Wildman–Crippen MR) is 60.0 cm³/mol. The third-order valence-electron chi connectivity index (χ3n) is 4.66. The molecule has 3 fully saturated rings. The minimum Gasteiger partial charge on any atom is -0.449 e. The van der Waals surface area contributed by atoms with E-state index in [4.69, 9.17) is 9.57 Å². The summed E-state index contributed by atoms with van der Waals surface area (Å²) >= 11 is 0. The first-order valence-corrected chi connectivity index (χ1v) is 6.68. The van der Waals surface area contributed by atoms with E-state index in [2.05, 4.69) is 5.06 Å². The molecule has 0 spiro atoms. The van der Waals surface area contributed by atoms with E-state index in [0.717, 1.165) is 37.8 Å². The number of hydrogen-bond acceptors (Lipinski definition) is 4. The standard InChI is InChI=1S/C13H17NO3/c15-12-8-9-10-4-3-6-13(9,16-12)11-5-1-2-7-14(11)17-10/h8,10-11H,1-7H2. The first-order valence-electron chi connectivity index (χ1n) is 6.68. The summed E-state index contributed by atoms with van der Waals surface area (Å²) < 4.78 is 5.74. The Balaban J connectivity index is 1.80. The molecular formula is C13H17NO3. The average molecular weight is 235 g/mol. The van der Waals surface area contributed by atoms with Gasteiger partial charge in [0.25, 0.3) is 0 Å². The van der Waals surface area contributed by atoms with Gasteiger partial charge in [-0.05, 0) is 32.1 Å². The Morgan fingerprint density at radius 2 is 2.24 bits per heavy atom. The Morgan fingerprint density at radius 3 is 3.18 bits per heavy atom. The van der Waals surface area contributed by atoms with Crippen LogP contribution in [0.3, 0.4) is 0 Å². The zero-order valence-corrected chi connectivity index (χ0v) is 9.85. The summed E-state index contributed by atoms with van der Waals surface area (Å²) in [5.41, 5.74) is 0.787. The average Bonchev–Trinajstić information content (AvgIpc) is 2.67. The van der Waals surface area contributed by atoms with E-state index in [1.807, 2.05) is 0 Å². The van der Waals surface area contributed by atoms with Crippen LogP contribution in [-0.2, 0) is 14.4 Å². The van der Waals surface area contributed by atoms with Gasteiger partial charge in [0.2, 0.25) is 0 Å². The largest absolute Gasteiger partial charge is 0.449 e. The number of hydrogen-bond donors (Lipinski definition) is 0. The van der Waals surface area contributed by atoms with Crippen molar-refractivity contribution >= 4 is 5.97 Å². The fraction of sp³-hybridized carbons (Fsp3) is 0.769. The summed E-state index contributed by atoms with van der Waals surface area (Å²) in [6, 6.07) is 0.255. The van der Waals surface area contributed by atoms with Crippen LogP contribution in [0.25, 0.3) is 0 Å². The highest BCUT2D eigenvalue weighted by Gasteiger charge is 2.59. The van der Waals surface area contributed by atoms with Crippen molar-refractivity contribution < 1.29 is 14.4 Å². The van der Waals surface area contributed by atoms with E-state index in [9.17, 15) is 4.79 Å². The lowest BCUT2D eigenvalue weighted by molar-refractivity contribution is -0.291. The second kappa shape index (κ2) is 3.33. The summed E-state index contributed by atoms with van der Waals surface area (Å²) in [5, 5.41) is 2.10. The zero-order chi connectivity index (χ0) is 11.5. The Kier molecular flexibility index (Phi) is 1.97. The van der Waals surface area contributed by atoms with Crippen molar-refractivity contribution in [3.8, 4) is 0 Å². The molecule has 92 valence electrons. The molecule has 17 heavy (non-hydrogen) atoms. The van der Waals surface area contributed by atoms with Crippen molar-refractivity contribution in [1.82, 2.24) is 5.06 Å². The highest BCUT2D eigenvalue weighted by atomic mass is 16.7. The van der Waals surface area contributed by atoms with Gasteiger partial charge in [-0.25, -0.2) is 4.79 Å². The molecule has 2 saturated heterocycles. The third-order valence-corrected chi connectivity index (χ3v) is 4.66. The molecule has 2 bridgehead atoms. The monoisotopic (exact) mass is 235 g/mol. The second-order valence-corrected chi connectivity index (χ2v) is 5.55. The lowest BCUT2D eigenvalue weighted by Crippen LogP contribution is -2.64. The Hall–Kier alpha value is -0.870. The van der Waals surface area contributed by atoms with Crippen LogP contribution < -0.4 is 0 Å². The van der Waals surface area contributed by atoms with Crippen molar-refractivity contribution in [2.45, 2.75) is 56.3 Å². The summed E-state index contributed by atoms with van der Waals surface area (Å²) in [5.74, 6) is -0.164.